The summed E-state index contributed by atoms with van der Waals surface area (Å²) in [5.74, 6) is 0.131. The molecule has 110 valence electrons. The van der Waals surface area contributed by atoms with Gasteiger partial charge in [-0.1, -0.05) is 41.9 Å². The number of nitrogens with one attached hydrogen (secondary N) is 2. The lowest BCUT2D eigenvalue weighted by atomic mass is 9.77. The standard InChI is InChI=1S/C16H23BrN2O/c1-16(2)9-3-10-18-14(16)15(20)19-11-8-12-4-6-13(17)7-5-12/h4-7,14,18H,3,8-11H2,1-2H3,(H,19,20). The summed E-state index contributed by atoms with van der Waals surface area (Å²) in [4.78, 5) is 12.3. The Morgan fingerprint density at radius 2 is 2.10 bits per heavy atom. The van der Waals surface area contributed by atoms with E-state index in [9.17, 15) is 4.79 Å². The average molecular weight is 339 g/mol. The van der Waals surface area contributed by atoms with Crippen molar-refractivity contribution in [1.82, 2.24) is 10.6 Å². The lowest BCUT2D eigenvalue weighted by molar-refractivity contribution is -0.126. The van der Waals surface area contributed by atoms with Crippen molar-refractivity contribution in [3.8, 4) is 0 Å². The lowest BCUT2D eigenvalue weighted by Gasteiger charge is -2.38. The normalized spacial score (nSPS) is 21.4. The maximum atomic E-state index is 12.3. The molecule has 1 aromatic carbocycles. The molecule has 2 rings (SSSR count). The Balaban J connectivity index is 1.81. The number of benzene rings is 1. The molecule has 3 nitrogen and oxygen atoms in total. The van der Waals surface area contributed by atoms with E-state index < -0.39 is 0 Å². The molecular formula is C16H23BrN2O. The molecule has 1 aromatic rings. The van der Waals surface area contributed by atoms with Gasteiger partial charge in [-0.15, -0.1) is 0 Å². The molecule has 1 heterocycles. The number of rotatable bonds is 4. The first-order valence-electron chi connectivity index (χ1n) is 7.24. The molecule has 1 unspecified atom stereocenters. The van der Waals surface area contributed by atoms with Gasteiger partial charge < -0.3 is 10.6 Å². The first-order valence-corrected chi connectivity index (χ1v) is 8.04. The minimum atomic E-state index is -0.0684. The van der Waals surface area contributed by atoms with Crippen LogP contribution in [0.15, 0.2) is 28.7 Å². The van der Waals surface area contributed by atoms with E-state index in [1.807, 2.05) is 12.1 Å². The topological polar surface area (TPSA) is 41.1 Å². The fourth-order valence-electron chi connectivity index (χ4n) is 2.74. The molecule has 1 aliphatic rings. The number of hydrogen-bond donors (Lipinski definition) is 2. The van der Waals surface area contributed by atoms with Crippen LogP contribution in [0, 0.1) is 5.41 Å². The fourth-order valence-corrected chi connectivity index (χ4v) is 3.01. The Morgan fingerprint density at radius 1 is 1.40 bits per heavy atom. The molecule has 1 aliphatic heterocycles. The highest BCUT2D eigenvalue weighted by Gasteiger charge is 2.36. The van der Waals surface area contributed by atoms with Gasteiger partial charge in [-0.25, -0.2) is 0 Å². The third-order valence-electron chi connectivity index (χ3n) is 4.02. The summed E-state index contributed by atoms with van der Waals surface area (Å²) in [6.45, 7) is 5.96. The van der Waals surface area contributed by atoms with Crippen molar-refractivity contribution in [3.05, 3.63) is 34.3 Å². The van der Waals surface area contributed by atoms with E-state index in [4.69, 9.17) is 0 Å². The molecule has 1 amide bonds. The Kier molecular flexibility index (Phi) is 5.22. The first kappa shape index (κ1) is 15.5. The molecule has 0 spiro atoms. The van der Waals surface area contributed by atoms with Gasteiger partial charge >= 0.3 is 0 Å². The van der Waals surface area contributed by atoms with Crippen molar-refractivity contribution in [3.63, 3.8) is 0 Å². The van der Waals surface area contributed by atoms with Crippen LogP contribution in [0.4, 0.5) is 0 Å². The van der Waals surface area contributed by atoms with E-state index in [1.165, 1.54) is 5.56 Å². The van der Waals surface area contributed by atoms with Crippen LogP contribution in [0.5, 0.6) is 0 Å². The van der Waals surface area contributed by atoms with Crippen molar-refractivity contribution in [2.24, 2.45) is 5.41 Å². The highest BCUT2D eigenvalue weighted by Crippen LogP contribution is 2.30. The van der Waals surface area contributed by atoms with Gasteiger partial charge in [0.05, 0.1) is 6.04 Å². The second-order valence-electron chi connectivity index (χ2n) is 6.15. The molecule has 0 aliphatic carbocycles. The number of piperidine rings is 1. The van der Waals surface area contributed by atoms with Gasteiger partial charge in [0.1, 0.15) is 0 Å². The van der Waals surface area contributed by atoms with Crippen LogP contribution < -0.4 is 10.6 Å². The zero-order valence-corrected chi connectivity index (χ0v) is 13.8. The Bertz CT molecular complexity index is 456. The summed E-state index contributed by atoms with van der Waals surface area (Å²) < 4.78 is 1.08. The molecule has 0 saturated carbocycles. The molecule has 1 saturated heterocycles. The SMILES string of the molecule is CC1(C)CCCNC1C(=O)NCCc1ccc(Br)cc1. The molecule has 1 fully saturated rings. The van der Waals surface area contributed by atoms with Gasteiger partial charge in [0.15, 0.2) is 0 Å². The summed E-state index contributed by atoms with van der Waals surface area (Å²) in [6, 6.07) is 8.16. The summed E-state index contributed by atoms with van der Waals surface area (Å²) in [5.41, 5.74) is 1.28. The van der Waals surface area contributed by atoms with E-state index in [2.05, 4.69) is 52.5 Å². The van der Waals surface area contributed by atoms with Crippen molar-refractivity contribution in [2.45, 2.75) is 39.2 Å². The van der Waals surface area contributed by atoms with Crippen LogP contribution >= 0.6 is 15.9 Å². The third-order valence-corrected chi connectivity index (χ3v) is 4.54. The van der Waals surface area contributed by atoms with E-state index in [1.54, 1.807) is 0 Å². The summed E-state index contributed by atoms with van der Waals surface area (Å²) in [5, 5.41) is 6.40. The van der Waals surface area contributed by atoms with E-state index in [-0.39, 0.29) is 17.4 Å². The maximum Gasteiger partial charge on any atom is 0.237 e. The Labute approximate surface area is 129 Å². The van der Waals surface area contributed by atoms with E-state index >= 15 is 0 Å². The van der Waals surface area contributed by atoms with Crippen LogP contribution in [0.2, 0.25) is 0 Å². The molecule has 0 bridgehead atoms. The predicted octanol–water partition coefficient (Wildman–Crippen LogP) is 2.89. The van der Waals surface area contributed by atoms with Crippen LogP contribution in [0.25, 0.3) is 0 Å². The quantitative estimate of drug-likeness (QED) is 0.886. The Morgan fingerprint density at radius 3 is 2.75 bits per heavy atom. The molecule has 0 radical (unpaired) electrons. The van der Waals surface area contributed by atoms with Crippen molar-refractivity contribution in [1.29, 1.82) is 0 Å². The largest absolute Gasteiger partial charge is 0.354 e. The molecular weight excluding hydrogens is 316 g/mol. The highest BCUT2D eigenvalue weighted by atomic mass is 79.9. The van der Waals surface area contributed by atoms with E-state index in [0.29, 0.717) is 6.54 Å². The van der Waals surface area contributed by atoms with Gasteiger partial charge in [-0.3, -0.25) is 4.79 Å². The number of hydrogen-bond acceptors (Lipinski definition) is 2. The zero-order chi connectivity index (χ0) is 14.6. The smallest absolute Gasteiger partial charge is 0.237 e. The second kappa shape index (κ2) is 6.72. The molecule has 4 heteroatoms. The second-order valence-corrected chi connectivity index (χ2v) is 7.06. The molecule has 2 N–H and O–H groups in total. The monoisotopic (exact) mass is 338 g/mol. The summed E-state index contributed by atoms with van der Waals surface area (Å²) >= 11 is 3.42. The van der Waals surface area contributed by atoms with Crippen LogP contribution in [-0.4, -0.2) is 25.0 Å². The lowest BCUT2D eigenvalue weighted by Crippen LogP contribution is -2.55. The first-order chi connectivity index (χ1) is 9.49. The van der Waals surface area contributed by atoms with Crippen LogP contribution in [0.1, 0.15) is 32.3 Å². The molecule has 1 atom stereocenters. The van der Waals surface area contributed by atoms with E-state index in [0.717, 1.165) is 30.3 Å². The summed E-state index contributed by atoms with van der Waals surface area (Å²) in [6.07, 6.45) is 3.12. The Hall–Kier alpha value is -0.870. The predicted molar refractivity (Wildman–Crippen MR) is 85.7 cm³/mol. The number of carbonyl (C=O) groups is 1. The van der Waals surface area contributed by atoms with Gasteiger partial charge in [-0.2, -0.15) is 0 Å². The van der Waals surface area contributed by atoms with Gasteiger partial charge in [0.2, 0.25) is 5.91 Å². The number of halogens is 1. The fraction of sp³-hybridized carbons (Fsp3) is 0.562. The molecule has 0 aromatic heterocycles. The minimum Gasteiger partial charge on any atom is -0.354 e. The number of carbonyl (C=O) groups excluding carboxylic acids is 1. The third kappa shape index (κ3) is 4.06. The van der Waals surface area contributed by atoms with Crippen molar-refractivity contribution < 1.29 is 4.79 Å². The highest BCUT2D eigenvalue weighted by molar-refractivity contribution is 9.10. The van der Waals surface area contributed by atoms with Gasteiger partial charge in [0.25, 0.3) is 0 Å². The van der Waals surface area contributed by atoms with Gasteiger partial charge in [-0.05, 0) is 48.9 Å². The van der Waals surface area contributed by atoms with Crippen molar-refractivity contribution in [2.75, 3.05) is 13.1 Å². The average Bonchev–Trinajstić information content (AvgIpc) is 2.40. The number of amides is 1. The van der Waals surface area contributed by atoms with Crippen LogP contribution in [-0.2, 0) is 11.2 Å². The summed E-state index contributed by atoms with van der Waals surface area (Å²) in [7, 11) is 0. The van der Waals surface area contributed by atoms with Crippen molar-refractivity contribution >= 4 is 21.8 Å². The zero-order valence-electron chi connectivity index (χ0n) is 12.2. The van der Waals surface area contributed by atoms with Crippen LogP contribution in [0.3, 0.4) is 0 Å². The maximum absolute atomic E-state index is 12.3. The van der Waals surface area contributed by atoms with Gasteiger partial charge in [0, 0.05) is 11.0 Å². The minimum absolute atomic E-state index is 0.0416. The molecule has 20 heavy (non-hydrogen) atoms.